The third-order valence-electron chi connectivity index (χ3n) is 12.4. The van der Waals surface area contributed by atoms with Crippen molar-refractivity contribution >= 4 is 58.4 Å². The molecule has 0 atom stereocenters. The van der Waals surface area contributed by atoms with Gasteiger partial charge in [0.15, 0.2) is 0 Å². The minimum atomic E-state index is 0.183. The molecule has 0 amide bonds. The molecule has 0 saturated heterocycles. The summed E-state index contributed by atoms with van der Waals surface area (Å²) in [7, 11) is 0. The first kappa shape index (κ1) is 50.2. The Morgan fingerprint density at radius 2 is 0.671 bits per heavy atom. The van der Waals surface area contributed by atoms with E-state index in [4.69, 9.17) is 0 Å². The lowest BCUT2D eigenvalue weighted by atomic mass is 9.87. The fraction of sp³-hybridized carbons (Fsp3) is 0.176. The van der Waals surface area contributed by atoms with E-state index in [-0.39, 0.29) is 5.41 Å². The normalized spacial score (nSPS) is 11.7. The Labute approximate surface area is 420 Å². The first-order valence-corrected chi connectivity index (χ1v) is 24.7. The van der Waals surface area contributed by atoms with Gasteiger partial charge in [-0.25, -0.2) is 0 Å². The van der Waals surface area contributed by atoms with E-state index >= 15 is 0 Å². The molecule has 2 heteroatoms. The van der Waals surface area contributed by atoms with Gasteiger partial charge in [0.25, 0.3) is 0 Å². The van der Waals surface area contributed by atoms with Gasteiger partial charge in [0.2, 0.25) is 0 Å². The molecule has 0 aliphatic rings. The largest absolute Gasteiger partial charge is 0.310 e. The molecule has 0 heterocycles. The van der Waals surface area contributed by atoms with Crippen LogP contribution >= 0.6 is 0 Å². The number of anilines is 6. The number of aryl methyl sites for hydroxylation is 4. The van der Waals surface area contributed by atoms with Crippen molar-refractivity contribution in [2.45, 2.75) is 74.1 Å². The Bertz CT molecular complexity index is 2990. The van der Waals surface area contributed by atoms with E-state index in [1.54, 1.807) is 0 Å². The molecule has 0 radical (unpaired) electrons. The summed E-state index contributed by atoms with van der Waals surface area (Å²) in [5, 5.41) is 0. The molecule has 8 aromatic rings. The van der Waals surface area contributed by atoms with Crippen molar-refractivity contribution in [3.8, 4) is 0 Å². The molecular weight excluding hydrogens is 845 g/mol. The molecule has 0 unspecified atom stereocenters. The molecule has 2 nitrogen and oxygen atoms in total. The second-order valence-corrected chi connectivity index (χ2v) is 19.7. The van der Waals surface area contributed by atoms with Gasteiger partial charge in [0, 0.05) is 34.1 Å². The highest BCUT2D eigenvalue weighted by molar-refractivity contribution is 5.80. The quantitative estimate of drug-likeness (QED) is 0.100. The molecule has 0 bridgehead atoms. The lowest BCUT2D eigenvalue weighted by molar-refractivity contribution is 0.590. The maximum absolute atomic E-state index is 2.32. The molecule has 0 aromatic heterocycles. The molecule has 352 valence electrons. The standard InChI is InChI=1S/2C34H35N/c1-26-14-22-31(23-15-26)35(33-13-9-6-10-27(33)2)32-24-18-29(19-25-32)12-8-7-11-28-16-20-30(21-17-28)34(3,4)5;1-26(2)25-31-17-15-29(16-18-31)10-6-7-11-30-19-23-33(24-20-30)35(32-21-13-27(3)14-22-32)34-12-8-5-9-28(34)4/h6-25H,1-5H3;5-24,26H,25H2,1-4H3/b11-7+,12-8+;10-6+,11-7+. The van der Waals surface area contributed by atoms with Crippen LogP contribution in [0.25, 0.3) is 24.3 Å². The van der Waals surface area contributed by atoms with Gasteiger partial charge in [0.05, 0.1) is 0 Å². The van der Waals surface area contributed by atoms with Crippen LogP contribution in [0.1, 0.15) is 90.3 Å². The fourth-order valence-corrected chi connectivity index (χ4v) is 8.34. The summed E-state index contributed by atoms with van der Waals surface area (Å²) < 4.78 is 0. The number of rotatable bonds is 14. The number of hydrogen-bond donors (Lipinski definition) is 0. The zero-order chi connectivity index (χ0) is 49.5. The van der Waals surface area contributed by atoms with Gasteiger partial charge in [-0.05, 0) is 151 Å². The van der Waals surface area contributed by atoms with Gasteiger partial charge in [0.1, 0.15) is 0 Å². The number of hydrogen-bond acceptors (Lipinski definition) is 2. The van der Waals surface area contributed by atoms with Crippen LogP contribution in [0.5, 0.6) is 0 Å². The van der Waals surface area contributed by atoms with Gasteiger partial charge in [-0.15, -0.1) is 0 Å². The Morgan fingerprint density at radius 3 is 0.986 bits per heavy atom. The molecule has 70 heavy (non-hydrogen) atoms. The topological polar surface area (TPSA) is 6.48 Å². The molecule has 8 rings (SSSR count). The summed E-state index contributed by atoms with van der Waals surface area (Å²) in [6, 6.07) is 69.7. The molecule has 8 aromatic carbocycles. The second kappa shape index (κ2) is 24.0. The molecule has 0 spiro atoms. The average Bonchev–Trinajstić information content (AvgIpc) is 3.35. The summed E-state index contributed by atoms with van der Waals surface area (Å²) in [4.78, 5) is 4.65. The van der Waals surface area contributed by atoms with Crippen LogP contribution in [0, 0.1) is 33.6 Å². The smallest absolute Gasteiger partial charge is 0.0490 e. The van der Waals surface area contributed by atoms with Gasteiger partial charge in [-0.1, -0.05) is 228 Å². The number of nitrogens with zero attached hydrogens (tertiary/aromatic N) is 2. The lowest BCUT2D eigenvalue weighted by Gasteiger charge is -2.27. The van der Waals surface area contributed by atoms with Crippen molar-refractivity contribution in [2.24, 2.45) is 5.92 Å². The lowest BCUT2D eigenvalue weighted by Crippen LogP contribution is -2.11. The number of para-hydroxylation sites is 2. The Kier molecular flexibility index (Phi) is 17.2. The number of allylic oxidation sites excluding steroid dienone is 4. The summed E-state index contributed by atoms with van der Waals surface area (Å²) in [5.41, 5.74) is 19.8. The predicted molar refractivity (Wildman–Crippen MR) is 307 cm³/mol. The van der Waals surface area contributed by atoms with Gasteiger partial charge >= 0.3 is 0 Å². The van der Waals surface area contributed by atoms with Crippen molar-refractivity contribution in [1.29, 1.82) is 0 Å². The van der Waals surface area contributed by atoms with Gasteiger partial charge in [-0.3, -0.25) is 0 Å². The van der Waals surface area contributed by atoms with Crippen LogP contribution in [-0.4, -0.2) is 0 Å². The molecule has 0 aliphatic heterocycles. The van der Waals surface area contributed by atoms with E-state index in [0.717, 1.165) is 29.2 Å². The molecular formula is C68H70N2. The SMILES string of the molecule is Cc1ccc(N(c2ccc(/C=C/C=C/c3ccc(C(C)(C)C)cc3)cc2)c2ccccc2C)cc1.Cc1ccc(N(c2ccc(/C=C/C=C/c3ccc(CC(C)C)cc3)cc2)c2ccccc2C)cc1. The van der Waals surface area contributed by atoms with Crippen molar-refractivity contribution in [3.05, 3.63) is 274 Å². The van der Waals surface area contributed by atoms with Crippen LogP contribution in [0.15, 0.2) is 218 Å². The van der Waals surface area contributed by atoms with Gasteiger partial charge in [-0.2, -0.15) is 0 Å². The predicted octanol–water partition coefficient (Wildman–Crippen LogP) is 19.5. The van der Waals surface area contributed by atoms with E-state index in [1.165, 1.54) is 67.0 Å². The van der Waals surface area contributed by atoms with Crippen LogP contribution in [0.3, 0.4) is 0 Å². The van der Waals surface area contributed by atoms with Crippen LogP contribution in [-0.2, 0) is 11.8 Å². The molecule has 0 aliphatic carbocycles. The maximum atomic E-state index is 2.32. The maximum Gasteiger partial charge on any atom is 0.0490 e. The summed E-state index contributed by atoms with van der Waals surface area (Å²) in [6.07, 6.45) is 18.2. The van der Waals surface area contributed by atoms with Crippen molar-refractivity contribution in [3.63, 3.8) is 0 Å². The minimum absolute atomic E-state index is 0.183. The third-order valence-corrected chi connectivity index (χ3v) is 12.4. The molecule has 0 N–H and O–H groups in total. The highest BCUT2D eigenvalue weighted by Gasteiger charge is 2.16. The number of benzene rings is 8. The van der Waals surface area contributed by atoms with Crippen LogP contribution < -0.4 is 9.80 Å². The average molecular weight is 915 g/mol. The fourth-order valence-electron chi connectivity index (χ4n) is 8.34. The van der Waals surface area contributed by atoms with Crippen molar-refractivity contribution in [1.82, 2.24) is 0 Å². The first-order chi connectivity index (χ1) is 33.8. The monoisotopic (exact) mass is 915 g/mol. The van der Waals surface area contributed by atoms with E-state index in [0.29, 0.717) is 5.92 Å². The molecule has 0 saturated carbocycles. The van der Waals surface area contributed by atoms with Crippen molar-refractivity contribution in [2.75, 3.05) is 9.80 Å². The first-order valence-electron chi connectivity index (χ1n) is 24.7. The Morgan fingerprint density at radius 1 is 0.371 bits per heavy atom. The van der Waals surface area contributed by atoms with Crippen molar-refractivity contribution < 1.29 is 0 Å². The zero-order valence-electron chi connectivity index (χ0n) is 42.8. The zero-order valence-corrected chi connectivity index (χ0v) is 42.8. The van der Waals surface area contributed by atoms with Gasteiger partial charge < -0.3 is 9.80 Å². The van der Waals surface area contributed by atoms with E-state index < -0.39 is 0 Å². The summed E-state index contributed by atoms with van der Waals surface area (Å²) in [6.45, 7) is 19.8. The second-order valence-electron chi connectivity index (χ2n) is 19.7. The molecule has 0 fully saturated rings. The van der Waals surface area contributed by atoms with Crippen LogP contribution in [0.2, 0.25) is 0 Å². The minimum Gasteiger partial charge on any atom is -0.310 e. The van der Waals surface area contributed by atoms with Crippen LogP contribution in [0.4, 0.5) is 34.1 Å². The van der Waals surface area contributed by atoms with E-state index in [2.05, 4.69) is 315 Å². The highest BCUT2D eigenvalue weighted by Crippen LogP contribution is 2.38. The third kappa shape index (κ3) is 14.2. The highest BCUT2D eigenvalue weighted by atomic mass is 15.1. The van der Waals surface area contributed by atoms with E-state index in [1.807, 2.05) is 0 Å². The summed E-state index contributed by atoms with van der Waals surface area (Å²) >= 11 is 0. The van der Waals surface area contributed by atoms with E-state index in [9.17, 15) is 0 Å². The Hall–Kier alpha value is -7.68. The Balaban J connectivity index is 0.000000206. The summed E-state index contributed by atoms with van der Waals surface area (Å²) in [5.74, 6) is 0.686.